The van der Waals surface area contributed by atoms with Gasteiger partial charge in [0.25, 0.3) is 0 Å². The predicted octanol–water partition coefficient (Wildman–Crippen LogP) is 6.25. The highest BCUT2D eigenvalue weighted by Gasteiger charge is 2.12. The Balaban J connectivity index is 1.66. The molecule has 0 unspecified atom stereocenters. The molecule has 0 atom stereocenters. The summed E-state index contributed by atoms with van der Waals surface area (Å²) in [4.78, 5) is 12.3. The zero-order valence-electron chi connectivity index (χ0n) is 17.5. The lowest BCUT2D eigenvalue weighted by atomic mass is 9.98. The lowest BCUT2D eigenvalue weighted by Gasteiger charge is -2.19. The number of carbonyl (C=O) groups is 1. The standard InChI is InChI=1S/C24H39NO2/c1-20-16-17-23(21(2)19-20)27-18-12-15-24(26)25-22-13-10-8-6-4-3-5-7-9-11-14-22/h16-17,19,22H,3-15,18H2,1-2H3,(H,25,26). The number of hydrogen-bond acceptors (Lipinski definition) is 2. The Bertz CT molecular complexity index is 543. The molecule has 0 heterocycles. The second kappa shape index (κ2) is 12.8. The van der Waals surface area contributed by atoms with Crippen molar-refractivity contribution in [2.24, 2.45) is 0 Å². The van der Waals surface area contributed by atoms with E-state index in [2.05, 4.69) is 31.3 Å². The quantitative estimate of drug-likeness (QED) is 0.598. The summed E-state index contributed by atoms with van der Waals surface area (Å²) in [6.45, 7) is 4.75. The number of carbonyl (C=O) groups excluding carboxylic acids is 1. The number of amides is 1. The fraction of sp³-hybridized carbons (Fsp3) is 0.708. The topological polar surface area (TPSA) is 38.3 Å². The molecule has 3 heteroatoms. The van der Waals surface area contributed by atoms with Crippen molar-refractivity contribution in [3.63, 3.8) is 0 Å². The summed E-state index contributed by atoms with van der Waals surface area (Å²) in [5, 5.41) is 3.29. The first-order valence-electron chi connectivity index (χ1n) is 11.1. The van der Waals surface area contributed by atoms with Gasteiger partial charge in [-0.05, 0) is 44.7 Å². The molecule has 2 rings (SSSR count). The van der Waals surface area contributed by atoms with Crippen molar-refractivity contribution < 1.29 is 9.53 Å². The lowest BCUT2D eigenvalue weighted by molar-refractivity contribution is -0.122. The van der Waals surface area contributed by atoms with Crippen LogP contribution in [0, 0.1) is 13.8 Å². The zero-order valence-corrected chi connectivity index (χ0v) is 17.5. The third-order valence-corrected chi connectivity index (χ3v) is 5.61. The van der Waals surface area contributed by atoms with Crippen molar-refractivity contribution in [2.45, 2.75) is 103 Å². The summed E-state index contributed by atoms with van der Waals surface area (Å²) >= 11 is 0. The Morgan fingerprint density at radius 3 is 2.15 bits per heavy atom. The molecule has 27 heavy (non-hydrogen) atoms. The first-order chi connectivity index (χ1) is 13.1. The molecule has 1 aromatic rings. The Kier molecular flexibility index (Phi) is 10.3. The van der Waals surface area contributed by atoms with Crippen LogP contribution in [0.3, 0.4) is 0 Å². The van der Waals surface area contributed by atoms with Crippen molar-refractivity contribution >= 4 is 5.91 Å². The van der Waals surface area contributed by atoms with Crippen LogP contribution < -0.4 is 10.1 Å². The van der Waals surface area contributed by atoms with Gasteiger partial charge in [-0.3, -0.25) is 4.79 Å². The first-order valence-corrected chi connectivity index (χ1v) is 11.1. The molecule has 1 aliphatic rings. The minimum absolute atomic E-state index is 0.191. The van der Waals surface area contributed by atoms with Gasteiger partial charge >= 0.3 is 0 Å². The van der Waals surface area contributed by atoms with Crippen LogP contribution in [0.15, 0.2) is 18.2 Å². The second-order valence-electron chi connectivity index (χ2n) is 8.24. The van der Waals surface area contributed by atoms with E-state index >= 15 is 0 Å². The zero-order chi connectivity index (χ0) is 19.3. The molecule has 0 saturated heterocycles. The largest absolute Gasteiger partial charge is 0.493 e. The van der Waals surface area contributed by atoms with Crippen LogP contribution in [0.1, 0.15) is 94.6 Å². The molecular formula is C24H39NO2. The third-order valence-electron chi connectivity index (χ3n) is 5.61. The summed E-state index contributed by atoms with van der Waals surface area (Å²) in [6.07, 6.45) is 15.6. The van der Waals surface area contributed by atoms with Gasteiger partial charge in [-0.2, -0.15) is 0 Å². The number of benzene rings is 1. The maximum absolute atomic E-state index is 12.3. The lowest BCUT2D eigenvalue weighted by Crippen LogP contribution is -2.35. The fourth-order valence-electron chi connectivity index (χ4n) is 3.98. The van der Waals surface area contributed by atoms with Crippen LogP contribution in [0.2, 0.25) is 0 Å². The van der Waals surface area contributed by atoms with E-state index in [-0.39, 0.29) is 5.91 Å². The molecule has 1 N–H and O–H groups in total. The molecule has 152 valence electrons. The van der Waals surface area contributed by atoms with Crippen LogP contribution in [0.4, 0.5) is 0 Å². The molecule has 1 saturated carbocycles. The molecule has 0 bridgehead atoms. The smallest absolute Gasteiger partial charge is 0.220 e. The Morgan fingerprint density at radius 2 is 1.56 bits per heavy atom. The Labute approximate surface area is 166 Å². The number of ether oxygens (including phenoxy) is 1. The maximum atomic E-state index is 12.3. The SMILES string of the molecule is Cc1ccc(OCCCC(=O)NC2CCCCCCCCCCC2)c(C)c1. The number of hydrogen-bond donors (Lipinski definition) is 1. The van der Waals surface area contributed by atoms with Crippen LogP contribution in [0.25, 0.3) is 0 Å². The Hall–Kier alpha value is -1.51. The summed E-state index contributed by atoms with van der Waals surface area (Å²) < 4.78 is 5.84. The summed E-state index contributed by atoms with van der Waals surface area (Å²) in [6, 6.07) is 6.59. The molecule has 1 aliphatic carbocycles. The van der Waals surface area contributed by atoms with E-state index in [9.17, 15) is 4.79 Å². The number of rotatable bonds is 6. The van der Waals surface area contributed by atoms with E-state index in [0.717, 1.165) is 30.6 Å². The molecule has 0 aliphatic heterocycles. The van der Waals surface area contributed by atoms with Gasteiger partial charge in [-0.1, -0.05) is 75.5 Å². The first kappa shape index (κ1) is 21.8. The summed E-state index contributed by atoms with van der Waals surface area (Å²) in [5.41, 5.74) is 2.41. The highest BCUT2D eigenvalue weighted by Crippen LogP contribution is 2.19. The summed E-state index contributed by atoms with van der Waals surface area (Å²) in [7, 11) is 0. The van der Waals surface area contributed by atoms with Crippen LogP contribution in [0.5, 0.6) is 5.75 Å². The van der Waals surface area contributed by atoms with E-state index in [1.165, 1.54) is 63.4 Å². The van der Waals surface area contributed by atoms with Gasteiger partial charge in [-0.25, -0.2) is 0 Å². The van der Waals surface area contributed by atoms with Crippen molar-refractivity contribution in [2.75, 3.05) is 6.61 Å². The number of nitrogens with one attached hydrogen (secondary N) is 1. The van der Waals surface area contributed by atoms with Gasteiger partial charge in [0.15, 0.2) is 0 Å². The van der Waals surface area contributed by atoms with E-state index < -0.39 is 0 Å². The van der Waals surface area contributed by atoms with Crippen LogP contribution >= 0.6 is 0 Å². The molecule has 0 radical (unpaired) electrons. The van der Waals surface area contributed by atoms with Gasteiger partial charge in [0.05, 0.1) is 6.61 Å². The van der Waals surface area contributed by atoms with E-state index in [1.807, 2.05) is 6.07 Å². The highest BCUT2D eigenvalue weighted by atomic mass is 16.5. The van der Waals surface area contributed by atoms with Crippen LogP contribution in [-0.2, 0) is 4.79 Å². The normalized spacial score (nSPS) is 17.6. The highest BCUT2D eigenvalue weighted by molar-refractivity contribution is 5.76. The van der Waals surface area contributed by atoms with Crippen LogP contribution in [-0.4, -0.2) is 18.6 Å². The molecule has 1 fully saturated rings. The monoisotopic (exact) mass is 373 g/mol. The minimum atomic E-state index is 0.191. The molecule has 1 amide bonds. The second-order valence-corrected chi connectivity index (χ2v) is 8.24. The third kappa shape index (κ3) is 9.30. The maximum Gasteiger partial charge on any atom is 0.220 e. The van der Waals surface area contributed by atoms with Gasteiger partial charge in [0.1, 0.15) is 5.75 Å². The van der Waals surface area contributed by atoms with Crippen molar-refractivity contribution in [1.29, 1.82) is 0 Å². The van der Waals surface area contributed by atoms with Gasteiger partial charge < -0.3 is 10.1 Å². The minimum Gasteiger partial charge on any atom is -0.493 e. The molecule has 0 spiro atoms. The average Bonchev–Trinajstić information content (AvgIpc) is 2.62. The molecule has 3 nitrogen and oxygen atoms in total. The predicted molar refractivity (Wildman–Crippen MR) is 113 cm³/mol. The molecule has 0 aromatic heterocycles. The number of aryl methyl sites for hydroxylation is 2. The van der Waals surface area contributed by atoms with Gasteiger partial charge in [0, 0.05) is 12.5 Å². The van der Waals surface area contributed by atoms with Crippen molar-refractivity contribution in [3.05, 3.63) is 29.3 Å². The van der Waals surface area contributed by atoms with Crippen molar-refractivity contribution in [3.8, 4) is 5.75 Å². The fourth-order valence-corrected chi connectivity index (χ4v) is 3.98. The Morgan fingerprint density at radius 1 is 0.963 bits per heavy atom. The van der Waals surface area contributed by atoms with E-state index in [4.69, 9.17) is 4.74 Å². The van der Waals surface area contributed by atoms with E-state index in [0.29, 0.717) is 19.1 Å². The van der Waals surface area contributed by atoms with Gasteiger partial charge in [0.2, 0.25) is 5.91 Å². The molecule has 1 aromatic carbocycles. The van der Waals surface area contributed by atoms with E-state index in [1.54, 1.807) is 0 Å². The molecular weight excluding hydrogens is 334 g/mol. The van der Waals surface area contributed by atoms with Crippen molar-refractivity contribution in [1.82, 2.24) is 5.32 Å². The average molecular weight is 374 g/mol. The summed E-state index contributed by atoms with van der Waals surface area (Å²) in [5.74, 6) is 1.12. The van der Waals surface area contributed by atoms with Gasteiger partial charge in [-0.15, -0.1) is 0 Å².